The van der Waals surface area contributed by atoms with E-state index in [1.807, 2.05) is 73.6 Å². The van der Waals surface area contributed by atoms with Gasteiger partial charge in [-0.25, -0.2) is 4.79 Å². The molecule has 5 heteroatoms. The highest BCUT2D eigenvalue weighted by Crippen LogP contribution is 2.25. The molecule has 0 radical (unpaired) electrons. The third-order valence-corrected chi connectivity index (χ3v) is 3.98. The zero-order chi connectivity index (χ0) is 16.7. The molecule has 2 N–H and O–H groups in total. The van der Waals surface area contributed by atoms with Crippen LogP contribution >= 0.6 is 11.6 Å². The molecule has 122 valence electrons. The first-order chi connectivity index (χ1) is 11.1. The fourth-order valence-electron chi connectivity index (χ4n) is 2.35. The Morgan fingerprint density at radius 3 is 2.35 bits per heavy atom. The fourth-order valence-corrected chi connectivity index (χ4v) is 2.61. The van der Waals surface area contributed by atoms with Crippen LogP contribution in [0.2, 0.25) is 5.02 Å². The molecule has 0 bridgehead atoms. The van der Waals surface area contributed by atoms with Crippen molar-refractivity contribution in [1.82, 2.24) is 15.5 Å². The number of rotatable bonds is 6. The number of nitrogens with one attached hydrogen (secondary N) is 2. The summed E-state index contributed by atoms with van der Waals surface area (Å²) in [4.78, 5) is 14.0. The highest BCUT2D eigenvalue weighted by Gasteiger charge is 2.17. The van der Waals surface area contributed by atoms with Crippen LogP contribution in [0.15, 0.2) is 54.6 Å². The van der Waals surface area contributed by atoms with Gasteiger partial charge in [0.05, 0.1) is 6.04 Å². The molecule has 0 fully saturated rings. The molecule has 0 aromatic heterocycles. The van der Waals surface area contributed by atoms with Crippen LogP contribution in [-0.2, 0) is 6.54 Å². The van der Waals surface area contributed by atoms with E-state index in [-0.39, 0.29) is 12.1 Å². The minimum Gasteiger partial charge on any atom is -0.336 e. The first-order valence-electron chi connectivity index (χ1n) is 7.54. The number of carbonyl (C=O) groups is 1. The first kappa shape index (κ1) is 17.3. The molecule has 2 aromatic rings. The molecule has 0 spiro atoms. The summed E-state index contributed by atoms with van der Waals surface area (Å²) >= 11 is 6.26. The molecule has 0 saturated carbocycles. The predicted molar refractivity (Wildman–Crippen MR) is 94.6 cm³/mol. The van der Waals surface area contributed by atoms with Crippen LogP contribution in [0.5, 0.6) is 0 Å². The summed E-state index contributed by atoms with van der Waals surface area (Å²) in [5.74, 6) is 0. The van der Waals surface area contributed by atoms with Gasteiger partial charge >= 0.3 is 6.03 Å². The van der Waals surface area contributed by atoms with Gasteiger partial charge in [0.1, 0.15) is 0 Å². The van der Waals surface area contributed by atoms with Gasteiger partial charge in [-0.2, -0.15) is 0 Å². The van der Waals surface area contributed by atoms with Crippen molar-refractivity contribution >= 4 is 17.6 Å². The quantitative estimate of drug-likeness (QED) is 0.851. The normalized spacial score (nSPS) is 12.0. The lowest BCUT2D eigenvalue weighted by atomic mass is 10.1. The summed E-state index contributed by atoms with van der Waals surface area (Å²) in [5, 5.41) is 6.47. The molecule has 1 atom stereocenters. The van der Waals surface area contributed by atoms with Crippen molar-refractivity contribution in [2.45, 2.75) is 12.6 Å². The highest BCUT2D eigenvalue weighted by atomic mass is 35.5. The van der Waals surface area contributed by atoms with Crippen LogP contribution in [-0.4, -0.2) is 31.6 Å². The Balaban J connectivity index is 1.89. The Bertz CT molecular complexity index is 631. The van der Waals surface area contributed by atoms with Gasteiger partial charge in [-0.3, -0.25) is 0 Å². The molecule has 0 aliphatic heterocycles. The standard InChI is InChI=1S/C18H22ClN3O/c1-22(2)17(15-10-6-7-11-16(15)19)13-21-18(23)20-12-14-8-4-3-5-9-14/h3-11,17H,12-13H2,1-2H3,(H2,20,21,23). The minimum atomic E-state index is -0.187. The van der Waals surface area contributed by atoms with E-state index in [1.165, 1.54) is 0 Å². The van der Waals surface area contributed by atoms with E-state index in [1.54, 1.807) is 0 Å². The van der Waals surface area contributed by atoms with E-state index in [2.05, 4.69) is 10.6 Å². The number of carbonyl (C=O) groups excluding carboxylic acids is 1. The second-order valence-electron chi connectivity index (χ2n) is 5.55. The number of hydrogen-bond donors (Lipinski definition) is 2. The molecule has 1 unspecified atom stereocenters. The molecule has 0 aliphatic carbocycles. The number of urea groups is 1. The molecule has 23 heavy (non-hydrogen) atoms. The van der Waals surface area contributed by atoms with Crippen LogP contribution in [0.4, 0.5) is 4.79 Å². The van der Waals surface area contributed by atoms with Crippen molar-refractivity contribution in [3.05, 3.63) is 70.7 Å². The van der Waals surface area contributed by atoms with E-state index in [4.69, 9.17) is 11.6 Å². The highest BCUT2D eigenvalue weighted by molar-refractivity contribution is 6.31. The third kappa shape index (κ3) is 5.27. The average molecular weight is 332 g/mol. The molecular weight excluding hydrogens is 310 g/mol. The Morgan fingerprint density at radius 1 is 1.04 bits per heavy atom. The minimum absolute atomic E-state index is 0.0196. The molecule has 2 amide bonds. The second-order valence-corrected chi connectivity index (χ2v) is 5.96. The largest absolute Gasteiger partial charge is 0.336 e. The van der Waals surface area contributed by atoms with Gasteiger partial charge in [-0.1, -0.05) is 60.1 Å². The van der Waals surface area contributed by atoms with Gasteiger partial charge in [0.2, 0.25) is 0 Å². The van der Waals surface area contributed by atoms with Crippen molar-refractivity contribution < 1.29 is 4.79 Å². The smallest absolute Gasteiger partial charge is 0.315 e. The Labute approximate surface area is 142 Å². The number of halogens is 1. The van der Waals surface area contributed by atoms with E-state index in [9.17, 15) is 4.79 Å². The van der Waals surface area contributed by atoms with Gasteiger partial charge in [0.25, 0.3) is 0 Å². The molecule has 2 aromatic carbocycles. The Kier molecular flexibility index (Phi) is 6.44. The number of nitrogens with zero attached hydrogens (tertiary/aromatic N) is 1. The van der Waals surface area contributed by atoms with Crippen LogP contribution in [0, 0.1) is 0 Å². The molecule has 0 aliphatic rings. The van der Waals surface area contributed by atoms with Crippen LogP contribution in [0.25, 0.3) is 0 Å². The van der Waals surface area contributed by atoms with Gasteiger partial charge in [-0.05, 0) is 31.3 Å². The van der Waals surface area contributed by atoms with E-state index < -0.39 is 0 Å². The van der Waals surface area contributed by atoms with E-state index in [0.29, 0.717) is 18.1 Å². The summed E-state index contributed by atoms with van der Waals surface area (Å²) in [5.41, 5.74) is 2.07. The van der Waals surface area contributed by atoms with Gasteiger partial charge in [-0.15, -0.1) is 0 Å². The molecule has 0 saturated heterocycles. The number of benzene rings is 2. The predicted octanol–water partition coefficient (Wildman–Crippen LogP) is 3.44. The van der Waals surface area contributed by atoms with Gasteiger partial charge in [0.15, 0.2) is 0 Å². The maximum atomic E-state index is 12.0. The first-order valence-corrected chi connectivity index (χ1v) is 7.92. The van der Waals surface area contributed by atoms with Crippen molar-refractivity contribution in [3.63, 3.8) is 0 Å². The summed E-state index contributed by atoms with van der Waals surface area (Å²) < 4.78 is 0. The summed E-state index contributed by atoms with van der Waals surface area (Å²) in [7, 11) is 3.94. The van der Waals surface area contributed by atoms with Crippen molar-refractivity contribution in [2.75, 3.05) is 20.6 Å². The maximum absolute atomic E-state index is 12.0. The lowest BCUT2D eigenvalue weighted by Crippen LogP contribution is -2.40. The lowest BCUT2D eigenvalue weighted by molar-refractivity contribution is 0.232. The Morgan fingerprint density at radius 2 is 1.70 bits per heavy atom. The fraction of sp³-hybridized carbons (Fsp3) is 0.278. The zero-order valence-electron chi connectivity index (χ0n) is 13.4. The topological polar surface area (TPSA) is 44.4 Å². The summed E-state index contributed by atoms with van der Waals surface area (Å²) in [6.07, 6.45) is 0. The van der Waals surface area contributed by atoms with E-state index in [0.717, 1.165) is 11.1 Å². The molecular formula is C18H22ClN3O. The second kappa shape index (κ2) is 8.56. The zero-order valence-corrected chi connectivity index (χ0v) is 14.2. The van der Waals surface area contributed by atoms with Crippen LogP contribution in [0.3, 0.4) is 0 Å². The summed E-state index contributed by atoms with van der Waals surface area (Å²) in [6, 6.07) is 17.3. The van der Waals surface area contributed by atoms with Crippen molar-refractivity contribution in [2.24, 2.45) is 0 Å². The lowest BCUT2D eigenvalue weighted by Gasteiger charge is -2.26. The number of amides is 2. The van der Waals surface area contributed by atoms with Gasteiger partial charge < -0.3 is 15.5 Å². The molecule has 2 rings (SSSR count). The van der Waals surface area contributed by atoms with Gasteiger partial charge in [0, 0.05) is 18.1 Å². The average Bonchev–Trinajstić information content (AvgIpc) is 2.55. The van der Waals surface area contributed by atoms with Crippen molar-refractivity contribution in [3.8, 4) is 0 Å². The Hall–Kier alpha value is -2.04. The maximum Gasteiger partial charge on any atom is 0.315 e. The molecule has 0 heterocycles. The van der Waals surface area contributed by atoms with Crippen LogP contribution in [0.1, 0.15) is 17.2 Å². The number of likely N-dealkylation sites (N-methyl/N-ethyl adjacent to an activating group) is 1. The number of hydrogen-bond acceptors (Lipinski definition) is 2. The summed E-state index contributed by atoms with van der Waals surface area (Å²) in [6.45, 7) is 0.989. The van der Waals surface area contributed by atoms with E-state index >= 15 is 0 Å². The van der Waals surface area contributed by atoms with Crippen LogP contribution < -0.4 is 10.6 Å². The molecule has 4 nitrogen and oxygen atoms in total. The third-order valence-electron chi connectivity index (χ3n) is 3.64. The SMILES string of the molecule is CN(C)C(CNC(=O)NCc1ccccc1)c1ccccc1Cl. The van der Waals surface area contributed by atoms with Crippen molar-refractivity contribution in [1.29, 1.82) is 0 Å². The monoisotopic (exact) mass is 331 g/mol.